The van der Waals surface area contributed by atoms with Crippen molar-refractivity contribution in [1.29, 1.82) is 0 Å². The molecule has 1 amide bonds. The molecule has 0 aromatic heterocycles. The molecular weight excluding hydrogens is 431 g/mol. The first-order valence-corrected chi connectivity index (χ1v) is 11.6. The SMILES string of the molecule is CC1c2cc3c(cc2C2(CCCC2)CN1C(=O)CC(c1ccccc1)C(F)(F)F)OCCO3. The highest BCUT2D eigenvalue weighted by Crippen LogP contribution is 2.52. The van der Waals surface area contributed by atoms with Crippen molar-refractivity contribution in [1.82, 2.24) is 4.90 Å². The van der Waals surface area contributed by atoms with Crippen LogP contribution in [0.25, 0.3) is 0 Å². The molecule has 5 rings (SSSR count). The Morgan fingerprint density at radius 1 is 1.09 bits per heavy atom. The molecule has 0 saturated heterocycles. The number of halogens is 3. The maximum absolute atomic E-state index is 14.0. The first-order valence-electron chi connectivity index (χ1n) is 11.6. The molecule has 1 spiro atoms. The Labute approximate surface area is 191 Å². The maximum atomic E-state index is 14.0. The van der Waals surface area contributed by atoms with Gasteiger partial charge in [-0.15, -0.1) is 0 Å². The van der Waals surface area contributed by atoms with Crippen molar-refractivity contribution in [2.24, 2.45) is 0 Å². The summed E-state index contributed by atoms with van der Waals surface area (Å²) in [6.45, 7) is 3.30. The molecule has 1 fully saturated rings. The Hall–Kier alpha value is -2.70. The van der Waals surface area contributed by atoms with E-state index in [1.165, 1.54) is 12.1 Å². The molecule has 3 aliphatic rings. The summed E-state index contributed by atoms with van der Waals surface area (Å²) in [6, 6.07) is 11.4. The van der Waals surface area contributed by atoms with Crippen LogP contribution in [0.2, 0.25) is 0 Å². The van der Waals surface area contributed by atoms with Crippen LogP contribution >= 0.6 is 0 Å². The zero-order valence-corrected chi connectivity index (χ0v) is 18.7. The van der Waals surface area contributed by atoms with Gasteiger partial charge in [0.05, 0.1) is 12.0 Å². The zero-order chi connectivity index (χ0) is 23.2. The average molecular weight is 460 g/mol. The van der Waals surface area contributed by atoms with Crippen LogP contribution in [-0.2, 0) is 10.2 Å². The number of benzene rings is 2. The molecule has 7 heteroatoms. The largest absolute Gasteiger partial charge is 0.486 e. The van der Waals surface area contributed by atoms with E-state index < -0.39 is 24.4 Å². The minimum atomic E-state index is -4.50. The van der Waals surface area contributed by atoms with Crippen LogP contribution in [0.1, 0.15) is 67.7 Å². The van der Waals surface area contributed by atoms with Crippen LogP contribution in [0.5, 0.6) is 11.5 Å². The third-order valence-electron chi connectivity index (χ3n) is 7.53. The molecule has 2 atom stereocenters. The lowest BCUT2D eigenvalue weighted by Crippen LogP contribution is -2.49. The summed E-state index contributed by atoms with van der Waals surface area (Å²) < 4.78 is 53.4. The van der Waals surface area contributed by atoms with Gasteiger partial charge < -0.3 is 14.4 Å². The van der Waals surface area contributed by atoms with Crippen LogP contribution in [0.4, 0.5) is 13.2 Å². The number of nitrogens with zero attached hydrogens (tertiary/aromatic N) is 1. The summed E-state index contributed by atoms with van der Waals surface area (Å²) in [7, 11) is 0. The fourth-order valence-corrected chi connectivity index (χ4v) is 5.81. The quantitative estimate of drug-likeness (QED) is 0.573. The monoisotopic (exact) mass is 459 g/mol. The minimum absolute atomic E-state index is 0.124. The van der Waals surface area contributed by atoms with Gasteiger partial charge in [0.15, 0.2) is 11.5 Å². The first-order chi connectivity index (χ1) is 15.8. The van der Waals surface area contributed by atoms with E-state index >= 15 is 0 Å². The lowest BCUT2D eigenvalue weighted by atomic mass is 9.71. The Morgan fingerprint density at radius 2 is 1.73 bits per heavy atom. The fourth-order valence-electron chi connectivity index (χ4n) is 5.81. The van der Waals surface area contributed by atoms with Crippen molar-refractivity contribution in [2.45, 2.75) is 62.6 Å². The van der Waals surface area contributed by atoms with Gasteiger partial charge in [-0.3, -0.25) is 4.79 Å². The average Bonchev–Trinajstić information content (AvgIpc) is 3.28. The smallest absolute Gasteiger partial charge is 0.396 e. The second-order valence-electron chi connectivity index (χ2n) is 9.48. The Bertz CT molecular complexity index is 1030. The summed E-state index contributed by atoms with van der Waals surface area (Å²) >= 11 is 0. The van der Waals surface area contributed by atoms with Gasteiger partial charge in [-0.2, -0.15) is 13.2 Å². The molecule has 0 N–H and O–H groups in total. The molecule has 33 heavy (non-hydrogen) atoms. The molecular formula is C26H28F3NO3. The molecule has 2 heterocycles. The number of alkyl halides is 3. The number of hydrogen-bond acceptors (Lipinski definition) is 3. The molecule has 1 aliphatic carbocycles. The zero-order valence-electron chi connectivity index (χ0n) is 18.7. The number of carbonyl (C=O) groups excluding carboxylic acids is 1. The standard InChI is InChI=1S/C26H28F3NO3/c1-17-19-13-22-23(33-12-11-32-22)14-21(19)25(9-5-6-10-25)16-30(17)24(31)15-20(26(27,28)29)18-7-3-2-4-8-18/h2-4,7-8,13-14,17,20H,5-6,9-12,15-16H2,1H3. The number of carbonyl (C=O) groups is 1. The number of hydrogen-bond donors (Lipinski definition) is 0. The van der Waals surface area contributed by atoms with Gasteiger partial charge in [0.25, 0.3) is 0 Å². The second-order valence-corrected chi connectivity index (χ2v) is 9.48. The molecule has 2 aromatic rings. The third kappa shape index (κ3) is 3.96. The summed E-state index contributed by atoms with van der Waals surface area (Å²) in [4.78, 5) is 15.1. The highest BCUT2D eigenvalue weighted by atomic mass is 19.4. The van der Waals surface area contributed by atoms with E-state index in [9.17, 15) is 18.0 Å². The van der Waals surface area contributed by atoms with Crippen molar-refractivity contribution in [3.63, 3.8) is 0 Å². The van der Waals surface area contributed by atoms with Gasteiger partial charge in [-0.1, -0.05) is 43.2 Å². The molecule has 2 unspecified atom stereocenters. The van der Waals surface area contributed by atoms with E-state index in [4.69, 9.17) is 9.47 Å². The van der Waals surface area contributed by atoms with Crippen molar-refractivity contribution in [3.05, 3.63) is 59.2 Å². The highest BCUT2D eigenvalue weighted by Gasteiger charge is 2.48. The van der Waals surface area contributed by atoms with Gasteiger partial charge in [0.1, 0.15) is 13.2 Å². The van der Waals surface area contributed by atoms with Gasteiger partial charge >= 0.3 is 6.18 Å². The molecule has 4 nitrogen and oxygen atoms in total. The summed E-state index contributed by atoms with van der Waals surface area (Å²) in [5.74, 6) is -0.911. The molecule has 2 aliphatic heterocycles. The highest BCUT2D eigenvalue weighted by molar-refractivity contribution is 5.79. The number of amides is 1. The lowest BCUT2D eigenvalue weighted by molar-refractivity contribution is -0.162. The van der Waals surface area contributed by atoms with Crippen molar-refractivity contribution < 1.29 is 27.4 Å². The predicted molar refractivity (Wildman–Crippen MR) is 118 cm³/mol. The minimum Gasteiger partial charge on any atom is -0.486 e. The summed E-state index contributed by atoms with van der Waals surface area (Å²) in [5.41, 5.74) is 2.01. The van der Waals surface area contributed by atoms with E-state index in [1.54, 1.807) is 23.1 Å². The van der Waals surface area contributed by atoms with Crippen LogP contribution in [0.15, 0.2) is 42.5 Å². The number of ether oxygens (including phenoxy) is 2. The Kier molecular flexibility index (Phi) is 5.53. The van der Waals surface area contributed by atoms with E-state index in [0.29, 0.717) is 25.5 Å². The Balaban J connectivity index is 1.49. The van der Waals surface area contributed by atoms with Gasteiger partial charge in [0, 0.05) is 18.4 Å². The fraction of sp³-hybridized carbons (Fsp3) is 0.500. The van der Waals surface area contributed by atoms with E-state index in [0.717, 1.165) is 42.6 Å². The molecule has 1 saturated carbocycles. The van der Waals surface area contributed by atoms with Gasteiger partial charge in [0.2, 0.25) is 5.91 Å². The van der Waals surface area contributed by atoms with Gasteiger partial charge in [-0.05, 0) is 48.6 Å². The number of fused-ring (bicyclic) bond motifs is 3. The summed E-state index contributed by atoms with van der Waals surface area (Å²) in [5, 5.41) is 0. The molecule has 0 bridgehead atoms. The van der Waals surface area contributed by atoms with E-state index in [1.807, 2.05) is 13.0 Å². The topological polar surface area (TPSA) is 38.8 Å². The Morgan fingerprint density at radius 3 is 2.36 bits per heavy atom. The molecule has 2 aromatic carbocycles. The first kappa shape index (κ1) is 22.1. The van der Waals surface area contributed by atoms with Crippen LogP contribution in [-0.4, -0.2) is 36.7 Å². The normalized spacial score (nSPS) is 22.2. The lowest BCUT2D eigenvalue weighted by Gasteiger charge is -2.46. The van der Waals surface area contributed by atoms with Crippen molar-refractivity contribution in [2.75, 3.05) is 19.8 Å². The third-order valence-corrected chi connectivity index (χ3v) is 7.53. The van der Waals surface area contributed by atoms with Crippen LogP contribution < -0.4 is 9.47 Å². The van der Waals surface area contributed by atoms with Crippen molar-refractivity contribution >= 4 is 5.91 Å². The van der Waals surface area contributed by atoms with E-state index in [2.05, 4.69) is 6.07 Å². The molecule has 0 radical (unpaired) electrons. The van der Waals surface area contributed by atoms with Crippen molar-refractivity contribution in [3.8, 4) is 11.5 Å². The van der Waals surface area contributed by atoms with Crippen LogP contribution in [0, 0.1) is 0 Å². The second kappa shape index (κ2) is 8.26. The maximum Gasteiger partial charge on any atom is 0.396 e. The summed E-state index contributed by atoms with van der Waals surface area (Å²) in [6.07, 6.45) is -1.18. The van der Waals surface area contributed by atoms with Crippen LogP contribution in [0.3, 0.4) is 0 Å². The molecule has 176 valence electrons. The van der Waals surface area contributed by atoms with E-state index in [-0.39, 0.29) is 17.0 Å². The number of rotatable bonds is 3. The predicted octanol–water partition coefficient (Wildman–Crippen LogP) is 5.91. The van der Waals surface area contributed by atoms with Gasteiger partial charge in [-0.25, -0.2) is 0 Å².